The molecule has 1 aromatic heterocycles. The average Bonchev–Trinajstić information content (AvgIpc) is 2.29. The Bertz CT molecular complexity index is 502. The molecule has 1 N–H and O–H groups in total. The van der Waals surface area contributed by atoms with Crippen LogP contribution >= 0.6 is 0 Å². The van der Waals surface area contributed by atoms with Crippen LogP contribution < -0.4 is 0 Å². The minimum atomic E-state index is -0.580. The molecule has 0 spiro atoms. The van der Waals surface area contributed by atoms with Gasteiger partial charge in [0.1, 0.15) is 5.83 Å². The first-order valence-corrected chi connectivity index (χ1v) is 4.62. The van der Waals surface area contributed by atoms with Crippen LogP contribution in [0.1, 0.15) is 5.56 Å². The number of nitrogens with zero attached hydrogens (tertiary/aromatic N) is 1. The lowest BCUT2D eigenvalue weighted by molar-refractivity contribution is 0.300. The fraction of sp³-hybridized carbons (Fsp3) is 0.0833. The molecular weight excluding hydrogens is 193 g/mol. The topological polar surface area (TPSA) is 33.1 Å². The molecule has 15 heavy (non-hydrogen) atoms. The maximum Gasteiger partial charge on any atom is 0.126 e. The Morgan fingerprint density at radius 3 is 2.93 bits per heavy atom. The summed E-state index contributed by atoms with van der Waals surface area (Å²) in [6.45, 7) is -0.580. The van der Waals surface area contributed by atoms with Crippen LogP contribution in [-0.2, 0) is 0 Å². The Labute approximate surface area is 86.7 Å². The normalized spacial score (nSPS) is 12.0. The van der Waals surface area contributed by atoms with Gasteiger partial charge in [-0.25, -0.2) is 4.39 Å². The summed E-state index contributed by atoms with van der Waals surface area (Å²) in [5.41, 5.74) is 1.42. The highest BCUT2D eigenvalue weighted by atomic mass is 19.1. The van der Waals surface area contributed by atoms with Crippen molar-refractivity contribution in [2.45, 2.75) is 0 Å². The average molecular weight is 203 g/mol. The predicted octanol–water partition coefficient (Wildman–Crippen LogP) is 2.54. The molecule has 0 aliphatic rings. The number of aliphatic hydroxyl groups excluding tert-OH is 1. The highest BCUT2D eigenvalue weighted by Crippen LogP contribution is 2.18. The maximum absolute atomic E-state index is 12.9. The van der Waals surface area contributed by atoms with Crippen molar-refractivity contribution in [1.29, 1.82) is 0 Å². The van der Waals surface area contributed by atoms with E-state index in [1.807, 2.05) is 24.3 Å². The molecule has 0 amide bonds. The Hall–Kier alpha value is -1.74. The molecular formula is C12H10FNO. The van der Waals surface area contributed by atoms with Gasteiger partial charge in [0.05, 0.1) is 12.1 Å². The van der Waals surface area contributed by atoms with Gasteiger partial charge in [-0.3, -0.25) is 4.98 Å². The molecule has 0 aliphatic heterocycles. The molecule has 0 saturated carbocycles. The Kier molecular flexibility index (Phi) is 2.74. The minimum absolute atomic E-state index is 0.562. The van der Waals surface area contributed by atoms with Crippen molar-refractivity contribution in [3.05, 3.63) is 47.9 Å². The van der Waals surface area contributed by atoms with Gasteiger partial charge < -0.3 is 5.11 Å². The number of halogens is 1. The lowest BCUT2D eigenvalue weighted by atomic mass is 10.1. The zero-order chi connectivity index (χ0) is 10.7. The quantitative estimate of drug-likeness (QED) is 0.813. The summed E-state index contributed by atoms with van der Waals surface area (Å²) in [5, 5.41) is 9.56. The molecule has 2 rings (SSSR count). The number of benzene rings is 1. The zero-order valence-corrected chi connectivity index (χ0v) is 8.02. The van der Waals surface area contributed by atoms with Gasteiger partial charge in [0.2, 0.25) is 0 Å². The summed E-state index contributed by atoms with van der Waals surface area (Å²) >= 11 is 0. The van der Waals surface area contributed by atoms with Crippen LogP contribution in [0.3, 0.4) is 0 Å². The standard InChI is InChI=1S/C12H10FNO/c13-11(8-15)7-10-4-1-3-9-5-2-6-14-12(9)10/h1-7,15H,8H2/b11-7+. The van der Waals surface area contributed by atoms with E-state index in [-0.39, 0.29) is 0 Å². The number of pyridine rings is 1. The SMILES string of the molecule is OC/C(F)=C\c1cccc2cccnc12. The second kappa shape index (κ2) is 4.19. The Morgan fingerprint density at radius 2 is 2.13 bits per heavy atom. The first kappa shape index (κ1) is 9.80. The molecule has 1 aromatic carbocycles. The third-order valence-electron chi connectivity index (χ3n) is 2.13. The number of hydrogen-bond acceptors (Lipinski definition) is 2. The number of rotatable bonds is 2. The molecule has 1 heterocycles. The van der Waals surface area contributed by atoms with Crippen LogP contribution in [0.5, 0.6) is 0 Å². The van der Waals surface area contributed by atoms with Crippen molar-refractivity contribution in [1.82, 2.24) is 4.98 Å². The highest BCUT2D eigenvalue weighted by molar-refractivity contribution is 5.87. The van der Waals surface area contributed by atoms with Gasteiger partial charge in [0.15, 0.2) is 0 Å². The summed E-state index contributed by atoms with van der Waals surface area (Å²) in [6.07, 6.45) is 2.96. The van der Waals surface area contributed by atoms with Crippen LogP contribution in [0, 0.1) is 0 Å². The summed E-state index contributed by atoms with van der Waals surface area (Å²) in [4.78, 5) is 4.18. The zero-order valence-electron chi connectivity index (χ0n) is 8.02. The van der Waals surface area contributed by atoms with Gasteiger partial charge in [-0.2, -0.15) is 0 Å². The van der Waals surface area contributed by atoms with E-state index < -0.39 is 12.4 Å². The first-order valence-electron chi connectivity index (χ1n) is 4.62. The summed E-state index contributed by atoms with van der Waals surface area (Å²) in [5.74, 6) is -0.562. The second-order valence-corrected chi connectivity index (χ2v) is 3.17. The largest absolute Gasteiger partial charge is 0.389 e. The molecule has 0 bridgehead atoms. The van der Waals surface area contributed by atoms with E-state index in [1.165, 1.54) is 6.08 Å². The van der Waals surface area contributed by atoms with Gasteiger partial charge >= 0.3 is 0 Å². The van der Waals surface area contributed by atoms with Gasteiger partial charge in [-0.05, 0) is 12.1 Å². The third-order valence-corrected chi connectivity index (χ3v) is 2.13. The monoisotopic (exact) mass is 203 g/mol. The fourth-order valence-electron chi connectivity index (χ4n) is 1.46. The van der Waals surface area contributed by atoms with E-state index in [0.29, 0.717) is 5.56 Å². The molecule has 0 fully saturated rings. The van der Waals surface area contributed by atoms with Crippen LogP contribution in [0.4, 0.5) is 4.39 Å². The van der Waals surface area contributed by atoms with Gasteiger partial charge in [-0.1, -0.05) is 24.3 Å². The number of aromatic nitrogens is 1. The van der Waals surface area contributed by atoms with Crippen LogP contribution in [-0.4, -0.2) is 16.7 Å². The van der Waals surface area contributed by atoms with Crippen molar-refractivity contribution in [3.8, 4) is 0 Å². The van der Waals surface area contributed by atoms with E-state index in [1.54, 1.807) is 12.3 Å². The molecule has 2 aromatic rings. The predicted molar refractivity (Wildman–Crippen MR) is 57.9 cm³/mol. The Morgan fingerprint density at radius 1 is 1.33 bits per heavy atom. The van der Waals surface area contributed by atoms with E-state index in [2.05, 4.69) is 4.98 Å². The molecule has 0 atom stereocenters. The molecule has 3 heteroatoms. The lowest BCUT2D eigenvalue weighted by Crippen LogP contribution is -1.85. The van der Waals surface area contributed by atoms with Gasteiger partial charge in [0, 0.05) is 17.1 Å². The molecule has 0 radical (unpaired) electrons. The molecule has 0 saturated heterocycles. The van der Waals surface area contributed by atoms with E-state index in [0.717, 1.165) is 10.9 Å². The van der Waals surface area contributed by atoms with E-state index in [4.69, 9.17) is 5.11 Å². The molecule has 0 unspecified atom stereocenters. The molecule has 76 valence electrons. The first-order chi connectivity index (χ1) is 7.31. The van der Waals surface area contributed by atoms with Crippen LogP contribution in [0.25, 0.3) is 17.0 Å². The molecule has 0 aliphatic carbocycles. The molecule has 2 nitrogen and oxygen atoms in total. The van der Waals surface area contributed by atoms with Crippen molar-refractivity contribution < 1.29 is 9.50 Å². The second-order valence-electron chi connectivity index (χ2n) is 3.17. The number of fused-ring (bicyclic) bond motifs is 1. The van der Waals surface area contributed by atoms with Crippen molar-refractivity contribution in [2.24, 2.45) is 0 Å². The van der Waals surface area contributed by atoms with E-state index >= 15 is 0 Å². The third kappa shape index (κ3) is 2.02. The minimum Gasteiger partial charge on any atom is -0.389 e. The Balaban J connectivity index is 2.61. The van der Waals surface area contributed by atoms with E-state index in [9.17, 15) is 4.39 Å². The lowest BCUT2D eigenvalue weighted by Gasteiger charge is -2.00. The number of aliphatic hydroxyl groups is 1. The van der Waals surface area contributed by atoms with Crippen LogP contribution in [0.2, 0.25) is 0 Å². The van der Waals surface area contributed by atoms with Crippen molar-refractivity contribution in [3.63, 3.8) is 0 Å². The number of hydrogen-bond donors (Lipinski definition) is 1. The number of para-hydroxylation sites is 1. The van der Waals surface area contributed by atoms with Crippen molar-refractivity contribution >= 4 is 17.0 Å². The smallest absolute Gasteiger partial charge is 0.126 e. The summed E-state index contributed by atoms with van der Waals surface area (Å²) in [6, 6.07) is 9.26. The van der Waals surface area contributed by atoms with Gasteiger partial charge in [0.25, 0.3) is 0 Å². The summed E-state index contributed by atoms with van der Waals surface area (Å²) in [7, 11) is 0. The van der Waals surface area contributed by atoms with Gasteiger partial charge in [-0.15, -0.1) is 0 Å². The fourth-order valence-corrected chi connectivity index (χ4v) is 1.46. The summed E-state index contributed by atoms with van der Waals surface area (Å²) < 4.78 is 12.9. The maximum atomic E-state index is 12.9. The van der Waals surface area contributed by atoms with Crippen LogP contribution in [0.15, 0.2) is 42.4 Å². The van der Waals surface area contributed by atoms with Crippen molar-refractivity contribution in [2.75, 3.05) is 6.61 Å². The highest BCUT2D eigenvalue weighted by Gasteiger charge is 2.00.